The third-order valence-corrected chi connectivity index (χ3v) is 12.0. The van der Waals surface area contributed by atoms with Gasteiger partial charge in [-0.15, -0.1) is 0 Å². The van der Waals surface area contributed by atoms with Gasteiger partial charge >= 0.3 is 11.9 Å². The lowest BCUT2D eigenvalue weighted by Crippen LogP contribution is -2.12. The summed E-state index contributed by atoms with van der Waals surface area (Å²) in [7, 11) is 0. The molecule has 0 unspecified atom stereocenters. The molecule has 64 heavy (non-hydrogen) atoms. The number of ether oxygens (including phenoxy) is 5. The normalized spacial score (nSPS) is 11.1. The molecule has 0 fully saturated rings. The molecule has 0 heterocycles. The third-order valence-electron chi connectivity index (χ3n) is 12.0. The van der Waals surface area contributed by atoms with Crippen LogP contribution in [0, 0.1) is 0 Å². The lowest BCUT2D eigenvalue weighted by molar-refractivity contribution is -0.134. The van der Waals surface area contributed by atoms with Crippen molar-refractivity contribution < 1.29 is 33.3 Å². The highest BCUT2D eigenvalue weighted by Crippen LogP contribution is 2.30. The summed E-state index contributed by atoms with van der Waals surface area (Å²) < 4.78 is 29.4. The van der Waals surface area contributed by atoms with Crippen molar-refractivity contribution in [3.8, 4) is 23.0 Å². The average molecular weight is 893 g/mol. The smallest absolute Gasteiger partial charge is 0.338 e. The van der Waals surface area contributed by atoms with E-state index in [1.807, 2.05) is 6.07 Å². The van der Waals surface area contributed by atoms with Gasteiger partial charge in [-0.25, -0.2) is 4.79 Å². The second kappa shape index (κ2) is 40.9. The van der Waals surface area contributed by atoms with Gasteiger partial charge in [0.25, 0.3) is 0 Å². The van der Waals surface area contributed by atoms with E-state index in [1.165, 1.54) is 160 Å². The van der Waals surface area contributed by atoms with Crippen molar-refractivity contribution in [2.45, 2.75) is 239 Å². The summed E-state index contributed by atoms with van der Waals surface area (Å²) in [6.07, 6.45) is 39.9. The molecule has 0 aliphatic heterocycles. The highest BCUT2D eigenvalue weighted by Gasteiger charge is 2.14. The van der Waals surface area contributed by atoms with E-state index in [4.69, 9.17) is 23.7 Å². The molecule has 364 valence electrons. The predicted molar refractivity (Wildman–Crippen MR) is 266 cm³/mol. The first-order chi connectivity index (χ1) is 31.5. The Morgan fingerprint density at radius 2 is 0.781 bits per heavy atom. The van der Waals surface area contributed by atoms with Crippen LogP contribution in [0.1, 0.15) is 249 Å². The molecule has 0 bridgehead atoms. The number of carbonyl (C=O) groups excluding carboxylic acids is 2. The van der Waals surface area contributed by atoms with Gasteiger partial charge in [0.1, 0.15) is 5.75 Å². The molecular weight excluding hydrogens is 801 g/mol. The number of esters is 2. The highest BCUT2D eigenvalue weighted by molar-refractivity contribution is 5.90. The van der Waals surface area contributed by atoms with Crippen LogP contribution in [0.3, 0.4) is 0 Å². The van der Waals surface area contributed by atoms with Crippen LogP contribution in [0.25, 0.3) is 0 Å². The summed E-state index contributed by atoms with van der Waals surface area (Å²) in [5, 5.41) is 0. The zero-order valence-electron chi connectivity index (χ0n) is 41.2. The summed E-state index contributed by atoms with van der Waals surface area (Å²) in [4.78, 5) is 38.0. The molecule has 0 aliphatic rings. The molecule has 0 saturated heterocycles. The van der Waals surface area contributed by atoms with Gasteiger partial charge in [-0.2, -0.15) is 0 Å². The van der Waals surface area contributed by atoms with Crippen molar-refractivity contribution >= 4 is 11.9 Å². The van der Waals surface area contributed by atoms with Crippen molar-refractivity contribution in [2.75, 3.05) is 26.4 Å². The van der Waals surface area contributed by atoms with Crippen molar-refractivity contribution in [3.05, 3.63) is 58.3 Å². The Hall–Kier alpha value is -3.55. The van der Waals surface area contributed by atoms with E-state index in [9.17, 15) is 14.4 Å². The van der Waals surface area contributed by atoms with Crippen LogP contribution in [0.5, 0.6) is 23.0 Å². The van der Waals surface area contributed by atoms with Gasteiger partial charge in [0.2, 0.25) is 5.43 Å². The molecule has 0 amide bonds. The van der Waals surface area contributed by atoms with E-state index in [2.05, 4.69) is 20.8 Å². The Morgan fingerprint density at radius 3 is 1.30 bits per heavy atom. The summed E-state index contributed by atoms with van der Waals surface area (Å²) >= 11 is 0. The molecule has 0 atom stereocenters. The summed E-state index contributed by atoms with van der Waals surface area (Å²) in [6.45, 7) is 8.74. The summed E-state index contributed by atoms with van der Waals surface area (Å²) in [6, 6.07) is 11.6. The first-order valence-corrected chi connectivity index (χ1v) is 26.5. The SMILES string of the molecule is CCCCCCCCCCCCOc1ccc(C(=O)OCCCCCOc2ccc(OC(=O)CCCCCCCCCCCC)c(=O)cc2)cc1OCCCCCCCCCCCC. The van der Waals surface area contributed by atoms with E-state index in [-0.39, 0.29) is 23.1 Å². The molecule has 0 spiro atoms. The second-order valence-corrected chi connectivity index (χ2v) is 18.0. The number of hydrogen-bond donors (Lipinski definition) is 0. The van der Waals surface area contributed by atoms with E-state index in [1.54, 1.807) is 24.3 Å². The monoisotopic (exact) mass is 893 g/mol. The van der Waals surface area contributed by atoms with Crippen LogP contribution in [0.15, 0.2) is 47.3 Å². The number of hydrogen-bond acceptors (Lipinski definition) is 8. The zero-order chi connectivity index (χ0) is 46.0. The number of unbranched alkanes of at least 4 members (excludes halogenated alkanes) is 29. The van der Waals surface area contributed by atoms with E-state index in [0.717, 1.165) is 57.8 Å². The van der Waals surface area contributed by atoms with Gasteiger partial charge in [0.05, 0.1) is 32.0 Å². The van der Waals surface area contributed by atoms with Crippen LogP contribution in [-0.2, 0) is 9.53 Å². The molecule has 0 aliphatic carbocycles. The van der Waals surface area contributed by atoms with Crippen molar-refractivity contribution in [2.24, 2.45) is 0 Å². The molecule has 0 N–H and O–H groups in total. The predicted octanol–water partition coefficient (Wildman–Crippen LogP) is 16.3. The Kier molecular flexibility index (Phi) is 36.2. The fraction of sp³-hybridized carbons (Fsp3) is 0.732. The average Bonchev–Trinajstić information content (AvgIpc) is 3.47. The standard InChI is InChI=1S/C56H92O8/c1-4-7-10-13-16-19-22-25-28-32-37-55(58)64-52-43-40-50(39-41-51(52)57)60-44-35-31-36-47-63-56(59)49-38-42-53(61-45-33-29-26-23-20-17-14-11-8-5-2)54(48-49)62-46-34-30-27-24-21-18-15-12-9-6-3/h38-43,48H,4-37,44-47H2,1-3H3. The Balaban J connectivity index is 1.71. The fourth-order valence-corrected chi connectivity index (χ4v) is 7.88. The van der Waals surface area contributed by atoms with Crippen LogP contribution < -0.4 is 24.4 Å². The Bertz CT molecular complexity index is 1490. The van der Waals surface area contributed by atoms with Gasteiger partial charge in [-0.05, 0) is 81.0 Å². The van der Waals surface area contributed by atoms with Crippen LogP contribution in [0.2, 0.25) is 0 Å². The largest absolute Gasteiger partial charge is 0.494 e. The molecule has 2 aromatic rings. The quantitative estimate of drug-likeness (QED) is 0.0479. The Morgan fingerprint density at radius 1 is 0.391 bits per heavy atom. The third kappa shape index (κ3) is 30.6. The molecule has 8 nitrogen and oxygen atoms in total. The second-order valence-electron chi connectivity index (χ2n) is 18.0. The maximum absolute atomic E-state index is 13.1. The number of carbonyl (C=O) groups is 2. The van der Waals surface area contributed by atoms with Crippen molar-refractivity contribution in [1.29, 1.82) is 0 Å². The van der Waals surface area contributed by atoms with E-state index in [0.29, 0.717) is 62.1 Å². The minimum Gasteiger partial charge on any atom is -0.494 e. The number of benzene rings is 1. The molecule has 2 rings (SSSR count). The van der Waals surface area contributed by atoms with Gasteiger partial charge in [0, 0.05) is 6.42 Å². The van der Waals surface area contributed by atoms with Gasteiger partial charge in [-0.1, -0.05) is 194 Å². The molecule has 8 heteroatoms. The van der Waals surface area contributed by atoms with Gasteiger partial charge in [0.15, 0.2) is 17.2 Å². The highest BCUT2D eigenvalue weighted by atomic mass is 16.5. The molecule has 0 aromatic heterocycles. The summed E-state index contributed by atoms with van der Waals surface area (Å²) in [5.74, 6) is 1.11. The van der Waals surface area contributed by atoms with Crippen LogP contribution >= 0.6 is 0 Å². The van der Waals surface area contributed by atoms with Crippen molar-refractivity contribution in [1.82, 2.24) is 0 Å². The van der Waals surface area contributed by atoms with E-state index < -0.39 is 0 Å². The maximum atomic E-state index is 13.1. The first-order valence-electron chi connectivity index (χ1n) is 26.5. The minimum absolute atomic E-state index is 0.0213. The maximum Gasteiger partial charge on any atom is 0.338 e. The zero-order valence-corrected chi connectivity index (χ0v) is 41.2. The topological polar surface area (TPSA) is 97.4 Å². The first kappa shape index (κ1) is 56.6. The van der Waals surface area contributed by atoms with Crippen LogP contribution in [0.4, 0.5) is 0 Å². The fourth-order valence-electron chi connectivity index (χ4n) is 7.88. The lowest BCUT2D eigenvalue weighted by Gasteiger charge is -2.14. The van der Waals surface area contributed by atoms with Crippen LogP contribution in [-0.4, -0.2) is 38.4 Å². The Labute approximate surface area is 390 Å². The van der Waals surface area contributed by atoms with Gasteiger partial charge in [-0.3, -0.25) is 9.59 Å². The van der Waals surface area contributed by atoms with Gasteiger partial charge < -0.3 is 23.7 Å². The van der Waals surface area contributed by atoms with Crippen molar-refractivity contribution in [3.63, 3.8) is 0 Å². The van der Waals surface area contributed by atoms with E-state index >= 15 is 0 Å². The summed E-state index contributed by atoms with van der Waals surface area (Å²) in [5.41, 5.74) is 0.110. The minimum atomic E-state index is -0.375. The molecule has 0 radical (unpaired) electrons. The molecule has 2 aromatic carbocycles. The lowest BCUT2D eigenvalue weighted by atomic mass is 10.1. The number of rotatable bonds is 44. The molecule has 0 saturated carbocycles. The molecular formula is C56H92O8.